The summed E-state index contributed by atoms with van der Waals surface area (Å²) < 4.78 is 0. The Morgan fingerprint density at radius 1 is 0.528 bits per heavy atom. The lowest BCUT2D eigenvalue weighted by molar-refractivity contribution is 0.195. The summed E-state index contributed by atoms with van der Waals surface area (Å²) in [5, 5.41) is 1.58. The average molecular weight is 960 g/mol. The average Bonchev–Trinajstić information content (AvgIpc) is 3.90. The smallest absolute Gasteiger partial charge is 0.252 e. The number of fused-ring (bicyclic) bond motifs is 9. The highest BCUT2D eigenvalue weighted by molar-refractivity contribution is 7.00. The summed E-state index contributed by atoms with van der Waals surface area (Å²) in [5.74, 6) is 0. The zero-order valence-corrected chi connectivity index (χ0v) is 46.4. The van der Waals surface area contributed by atoms with Crippen molar-refractivity contribution in [2.45, 2.75) is 150 Å². The molecule has 0 radical (unpaired) electrons. The van der Waals surface area contributed by atoms with Gasteiger partial charge in [-0.15, -0.1) is 0 Å². The molecule has 0 amide bonds. The second-order valence-corrected chi connectivity index (χ2v) is 29.6. The first kappa shape index (κ1) is 46.0. The molecule has 2 unspecified atom stereocenters. The minimum atomic E-state index is -1.02. The molecular weight excluding hydrogens is 886 g/mol. The molecule has 0 saturated heterocycles. The highest BCUT2D eigenvalue weighted by atomic mass is 28.3. The molecule has 6 aliphatic rings. The van der Waals surface area contributed by atoms with Gasteiger partial charge in [0.15, 0.2) is 0 Å². The van der Waals surface area contributed by atoms with E-state index in [4.69, 9.17) is 0 Å². The minimum Gasteiger partial charge on any atom is -0.334 e. The minimum absolute atomic E-state index is 0.0180. The molecular formula is C67H74BN3Si. The van der Waals surface area contributed by atoms with Crippen LogP contribution < -0.4 is 36.3 Å². The molecule has 364 valence electrons. The lowest BCUT2D eigenvalue weighted by Gasteiger charge is -2.50. The third-order valence-electron chi connectivity index (χ3n) is 18.9. The number of anilines is 8. The van der Waals surface area contributed by atoms with Crippen LogP contribution in [0.25, 0.3) is 11.1 Å². The van der Waals surface area contributed by atoms with Crippen molar-refractivity contribution in [2.24, 2.45) is 10.8 Å². The molecule has 0 aromatic heterocycles. The van der Waals surface area contributed by atoms with E-state index in [1.54, 1.807) is 10.8 Å². The Morgan fingerprint density at radius 2 is 1.17 bits per heavy atom. The summed E-state index contributed by atoms with van der Waals surface area (Å²) in [5.41, 5.74) is 28.0. The van der Waals surface area contributed by atoms with Crippen LogP contribution in [0.5, 0.6) is 0 Å². The second kappa shape index (κ2) is 15.6. The summed E-state index contributed by atoms with van der Waals surface area (Å²) >= 11 is 0. The Morgan fingerprint density at radius 3 is 1.89 bits per heavy atom. The number of rotatable bonds is 5. The van der Waals surface area contributed by atoms with Gasteiger partial charge in [-0.2, -0.15) is 0 Å². The van der Waals surface area contributed by atoms with Crippen molar-refractivity contribution in [3.63, 3.8) is 0 Å². The molecule has 1 saturated carbocycles. The lowest BCUT2D eigenvalue weighted by Crippen LogP contribution is -2.61. The van der Waals surface area contributed by atoms with Gasteiger partial charge in [-0.25, -0.2) is 0 Å². The van der Waals surface area contributed by atoms with Gasteiger partial charge in [0.1, 0.15) is 0 Å². The Balaban J connectivity index is 1.11. The molecule has 13 rings (SSSR count). The molecule has 3 nitrogen and oxygen atoms in total. The first-order valence-electron chi connectivity index (χ1n) is 27.5. The zero-order valence-electron chi connectivity index (χ0n) is 45.3. The van der Waals surface area contributed by atoms with E-state index < -0.39 is 8.80 Å². The van der Waals surface area contributed by atoms with Crippen molar-refractivity contribution < 1.29 is 0 Å². The maximum Gasteiger partial charge on any atom is 0.252 e. The normalized spacial score (nSPS) is 21.8. The molecule has 0 bridgehead atoms. The fourth-order valence-electron chi connectivity index (χ4n) is 15.1. The van der Waals surface area contributed by atoms with E-state index in [0.717, 1.165) is 25.7 Å². The van der Waals surface area contributed by atoms with Crippen molar-refractivity contribution in [2.75, 3.05) is 14.7 Å². The zero-order chi connectivity index (χ0) is 50.0. The Kier molecular flexibility index (Phi) is 9.99. The molecule has 2 atom stereocenters. The summed E-state index contributed by atoms with van der Waals surface area (Å²) in [6.07, 6.45) is 9.41. The van der Waals surface area contributed by atoms with Gasteiger partial charge < -0.3 is 14.7 Å². The van der Waals surface area contributed by atoms with Crippen LogP contribution in [0, 0.1) is 17.8 Å². The standard InChI is InChI=1S/C67H74BN3Si/c1-42-30-60-62-61(31-42)70(56-26-21-48(63(2,3)4)35-52(56)43-18-14-13-15-19-43)59-36-50(71-57-27-24-51(72(11)12)37-53(57)66(9)28-16-17-29-67(66,71)10)23-25-54(59)68(62)55-33-46-40-65(7,8)41-47(46)34-58(55)69(60)49-22-20-44-38-64(5,6)39-45(44)32-49/h13-15,18-27,30-37,72H,16-17,28-29,38-41H2,1-12H3. The van der Waals surface area contributed by atoms with Crippen molar-refractivity contribution in [3.05, 3.63) is 166 Å². The van der Waals surface area contributed by atoms with E-state index in [0.29, 0.717) is 0 Å². The van der Waals surface area contributed by atoms with E-state index in [1.807, 2.05) is 0 Å². The van der Waals surface area contributed by atoms with Crippen molar-refractivity contribution in [1.82, 2.24) is 0 Å². The summed E-state index contributed by atoms with van der Waals surface area (Å²) in [6.45, 7) is 29.4. The quantitative estimate of drug-likeness (QED) is 0.159. The van der Waals surface area contributed by atoms with Gasteiger partial charge in [-0.3, -0.25) is 0 Å². The van der Waals surface area contributed by atoms with E-state index in [-0.39, 0.29) is 33.9 Å². The first-order chi connectivity index (χ1) is 34.2. The van der Waals surface area contributed by atoms with Crippen LogP contribution in [0.4, 0.5) is 45.5 Å². The van der Waals surface area contributed by atoms with E-state index in [9.17, 15) is 0 Å². The van der Waals surface area contributed by atoms with Crippen molar-refractivity contribution >= 4 is 82.6 Å². The molecule has 0 N–H and O–H groups in total. The van der Waals surface area contributed by atoms with Crippen molar-refractivity contribution in [1.29, 1.82) is 0 Å². The predicted molar refractivity (Wildman–Crippen MR) is 313 cm³/mol. The number of nitrogens with zero attached hydrogens (tertiary/aromatic N) is 3. The van der Waals surface area contributed by atoms with Gasteiger partial charge in [0.25, 0.3) is 6.71 Å². The molecule has 3 aliphatic carbocycles. The van der Waals surface area contributed by atoms with Gasteiger partial charge in [-0.05, 0) is 190 Å². The van der Waals surface area contributed by atoms with Gasteiger partial charge >= 0.3 is 0 Å². The van der Waals surface area contributed by atoms with Crippen LogP contribution in [0.3, 0.4) is 0 Å². The molecule has 0 spiro atoms. The summed E-state index contributed by atoms with van der Waals surface area (Å²) in [4.78, 5) is 8.23. The van der Waals surface area contributed by atoms with E-state index in [1.165, 1.54) is 132 Å². The third kappa shape index (κ3) is 6.80. The molecule has 7 aromatic rings. The maximum absolute atomic E-state index is 2.82. The topological polar surface area (TPSA) is 9.72 Å². The molecule has 72 heavy (non-hydrogen) atoms. The number of hydrogen-bond acceptors (Lipinski definition) is 3. The van der Waals surface area contributed by atoms with E-state index >= 15 is 0 Å². The highest BCUT2D eigenvalue weighted by Crippen LogP contribution is 2.61. The van der Waals surface area contributed by atoms with Gasteiger partial charge in [0.2, 0.25) is 0 Å². The van der Waals surface area contributed by atoms with Gasteiger partial charge in [-0.1, -0.05) is 153 Å². The molecule has 7 aromatic carbocycles. The SMILES string of the molecule is Cc1cc2c3c(c1)N(c1ccc(C(C)(C)C)cc1-c1ccccc1)c1cc(N4c5ccc([SiH](C)C)cc5C5(C)CCCCC45C)ccc1B3c1cc3c(cc1N2c1ccc2c(c1)CC(C)(C)C2)CC(C)(C)C3. The Bertz CT molecular complexity index is 3410. The largest absolute Gasteiger partial charge is 0.334 e. The van der Waals surface area contributed by atoms with Crippen molar-refractivity contribution in [3.8, 4) is 11.1 Å². The predicted octanol–water partition coefficient (Wildman–Crippen LogP) is 14.7. The molecule has 1 fully saturated rings. The second-order valence-electron chi connectivity index (χ2n) is 26.7. The number of hydrogen-bond donors (Lipinski definition) is 0. The van der Waals surface area contributed by atoms with Crippen LogP contribution >= 0.6 is 0 Å². The Hall–Kier alpha value is -5.78. The van der Waals surface area contributed by atoms with Gasteiger partial charge in [0, 0.05) is 50.8 Å². The van der Waals surface area contributed by atoms with Crippen LogP contribution in [-0.4, -0.2) is 21.0 Å². The summed E-state index contributed by atoms with van der Waals surface area (Å²) in [7, 11) is -1.02. The van der Waals surface area contributed by atoms with E-state index in [2.05, 4.69) is 224 Å². The lowest BCUT2D eigenvalue weighted by atomic mass is 9.33. The monoisotopic (exact) mass is 960 g/mol. The van der Waals surface area contributed by atoms with Crippen LogP contribution in [0.2, 0.25) is 13.1 Å². The third-order valence-corrected chi connectivity index (χ3v) is 20.6. The molecule has 3 heterocycles. The highest BCUT2D eigenvalue weighted by Gasteiger charge is 2.58. The van der Waals surface area contributed by atoms with Crippen LogP contribution in [-0.2, 0) is 36.5 Å². The fourth-order valence-corrected chi connectivity index (χ4v) is 16.1. The number of aryl methyl sites for hydroxylation is 1. The molecule has 5 heteroatoms. The first-order valence-corrected chi connectivity index (χ1v) is 30.4. The fraction of sp³-hybridized carbons (Fsp3) is 0.373. The van der Waals surface area contributed by atoms with Gasteiger partial charge in [0.05, 0.1) is 20.0 Å². The van der Waals surface area contributed by atoms with Crippen LogP contribution in [0.15, 0.2) is 127 Å². The maximum atomic E-state index is 2.82. The summed E-state index contributed by atoms with van der Waals surface area (Å²) in [6, 6.07) is 51.8. The molecule has 3 aliphatic heterocycles. The Labute approximate surface area is 433 Å². The number of benzene rings is 7. The van der Waals surface area contributed by atoms with Crippen LogP contribution in [0.1, 0.15) is 127 Å².